The minimum atomic E-state index is -0.940. The van der Waals surface area contributed by atoms with Crippen molar-refractivity contribution in [1.29, 1.82) is 0 Å². The number of benzene rings is 2. The van der Waals surface area contributed by atoms with Gasteiger partial charge in [0.25, 0.3) is 6.02 Å². The van der Waals surface area contributed by atoms with Crippen LogP contribution < -0.4 is 10.5 Å². The summed E-state index contributed by atoms with van der Waals surface area (Å²) >= 11 is 6.33. The third-order valence-electron chi connectivity index (χ3n) is 4.78. The summed E-state index contributed by atoms with van der Waals surface area (Å²) in [4.78, 5) is 8.63. The number of hydrogen-bond acceptors (Lipinski definition) is 5. The Morgan fingerprint density at radius 1 is 1.18 bits per heavy atom. The number of aromatic nitrogens is 1. The quantitative estimate of drug-likeness (QED) is 0.718. The third kappa shape index (κ3) is 3.05. The molecule has 2 N–H and O–H groups in total. The number of nitrogens with two attached hydrogens (primary N) is 1. The van der Waals surface area contributed by atoms with Crippen LogP contribution in [-0.4, -0.2) is 24.7 Å². The van der Waals surface area contributed by atoms with Crippen molar-refractivity contribution in [3.05, 3.63) is 82.9 Å². The second kappa shape index (κ2) is 7.13. The van der Waals surface area contributed by atoms with E-state index >= 15 is 0 Å². The molecule has 142 valence electrons. The van der Waals surface area contributed by atoms with E-state index in [0.717, 1.165) is 11.1 Å². The molecule has 0 spiro atoms. The predicted octanol–water partition coefficient (Wildman–Crippen LogP) is 4.14. The summed E-state index contributed by atoms with van der Waals surface area (Å²) in [6.07, 6.45) is 3.25. The number of halogens is 2. The molecule has 28 heavy (non-hydrogen) atoms. The van der Waals surface area contributed by atoms with Gasteiger partial charge in [0, 0.05) is 23.5 Å². The first-order chi connectivity index (χ1) is 13.5. The Morgan fingerprint density at radius 3 is 2.61 bits per heavy atom. The van der Waals surface area contributed by atoms with Gasteiger partial charge in [0.2, 0.25) is 0 Å². The Kier molecular flexibility index (Phi) is 4.65. The van der Waals surface area contributed by atoms with Crippen molar-refractivity contribution in [3.8, 4) is 16.9 Å². The molecule has 0 saturated heterocycles. The molecule has 2 aromatic carbocycles. The van der Waals surface area contributed by atoms with Gasteiger partial charge >= 0.3 is 0 Å². The molecule has 3 aromatic rings. The third-order valence-corrected chi connectivity index (χ3v) is 5.07. The number of amidine groups is 1. The highest BCUT2D eigenvalue weighted by Gasteiger charge is 2.40. The highest BCUT2D eigenvalue weighted by molar-refractivity contribution is 6.32. The van der Waals surface area contributed by atoms with Gasteiger partial charge in [0.1, 0.15) is 18.2 Å². The number of ether oxygens (including phenoxy) is 2. The Balaban J connectivity index is 1.89. The lowest BCUT2D eigenvalue weighted by molar-refractivity contribution is 0.278. The van der Waals surface area contributed by atoms with Gasteiger partial charge in [-0.1, -0.05) is 29.8 Å². The summed E-state index contributed by atoms with van der Waals surface area (Å²) in [6.45, 7) is 0.180. The molecule has 5 nitrogen and oxygen atoms in total. The molecule has 0 aliphatic carbocycles. The Morgan fingerprint density at radius 2 is 1.96 bits per heavy atom. The zero-order chi connectivity index (χ0) is 19.7. The standard InChI is InChI=1S/C21H17ClFN3O2/c1-27-19-7-5-15(10-17(19)22)21(12-28-20(24)26-21)14-4-6-18(23)16(9-14)13-3-2-8-25-11-13/h2-11H,12H2,1H3,(H2,24,26)/t21-/m0/s1. The Bertz CT molecular complexity index is 1060. The first-order valence-corrected chi connectivity index (χ1v) is 8.94. The maximum Gasteiger partial charge on any atom is 0.283 e. The van der Waals surface area contributed by atoms with Gasteiger partial charge in [-0.25, -0.2) is 9.38 Å². The molecule has 0 fully saturated rings. The zero-order valence-corrected chi connectivity index (χ0v) is 15.8. The van der Waals surface area contributed by atoms with E-state index in [1.165, 1.54) is 6.07 Å². The van der Waals surface area contributed by atoms with Crippen LogP contribution >= 0.6 is 11.6 Å². The van der Waals surface area contributed by atoms with Crippen molar-refractivity contribution in [2.75, 3.05) is 13.7 Å². The molecule has 4 rings (SSSR count). The van der Waals surface area contributed by atoms with Crippen LogP contribution in [0.1, 0.15) is 11.1 Å². The lowest BCUT2D eigenvalue weighted by Crippen LogP contribution is -2.27. The van der Waals surface area contributed by atoms with Gasteiger partial charge in [0.15, 0.2) is 5.54 Å². The monoisotopic (exact) mass is 397 g/mol. The van der Waals surface area contributed by atoms with Crippen LogP contribution in [0.5, 0.6) is 5.75 Å². The van der Waals surface area contributed by atoms with Crippen LogP contribution in [0.3, 0.4) is 0 Å². The first-order valence-electron chi connectivity index (χ1n) is 8.56. The molecule has 0 amide bonds. The minimum Gasteiger partial charge on any atom is -0.495 e. The van der Waals surface area contributed by atoms with Gasteiger partial charge in [0.05, 0.1) is 12.1 Å². The molecule has 1 atom stereocenters. The molecular weight excluding hydrogens is 381 g/mol. The molecule has 1 aliphatic rings. The molecule has 0 bridgehead atoms. The second-order valence-corrected chi connectivity index (χ2v) is 6.79. The lowest BCUT2D eigenvalue weighted by atomic mass is 9.83. The summed E-state index contributed by atoms with van der Waals surface area (Å²) in [6, 6.07) is 13.8. The van der Waals surface area contributed by atoms with Crippen molar-refractivity contribution in [1.82, 2.24) is 4.98 Å². The normalized spacial score (nSPS) is 18.5. The predicted molar refractivity (Wildman–Crippen MR) is 106 cm³/mol. The second-order valence-electron chi connectivity index (χ2n) is 6.38. The van der Waals surface area contributed by atoms with Gasteiger partial charge in [-0.3, -0.25) is 4.98 Å². The molecule has 0 saturated carbocycles. The summed E-state index contributed by atoms with van der Waals surface area (Å²) in [5.41, 5.74) is 7.49. The van der Waals surface area contributed by atoms with Crippen LogP contribution in [-0.2, 0) is 10.3 Å². The van der Waals surface area contributed by atoms with E-state index < -0.39 is 5.54 Å². The Hall–Kier alpha value is -3.12. The van der Waals surface area contributed by atoms with Crippen LogP contribution in [0.25, 0.3) is 11.1 Å². The van der Waals surface area contributed by atoms with Crippen molar-refractivity contribution in [2.24, 2.45) is 10.7 Å². The Labute approximate surface area is 166 Å². The fraction of sp³-hybridized carbons (Fsp3) is 0.143. The summed E-state index contributed by atoms with van der Waals surface area (Å²) < 4.78 is 25.3. The van der Waals surface area contributed by atoms with Crippen LogP contribution in [0, 0.1) is 5.82 Å². The van der Waals surface area contributed by atoms with Gasteiger partial charge in [-0.05, 0) is 41.5 Å². The van der Waals surface area contributed by atoms with E-state index in [4.69, 9.17) is 26.8 Å². The van der Waals surface area contributed by atoms with Crippen molar-refractivity contribution < 1.29 is 13.9 Å². The van der Waals surface area contributed by atoms with Crippen LogP contribution in [0.4, 0.5) is 4.39 Å². The number of pyridine rings is 1. The number of rotatable bonds is 4. The molecule has 0 radical (unpaired) electrons. The summed E-state index contributed by atoms with van der Waals surface area (Å²) in [5.74, 6) is 0.196. The van der Waals surface area contributed by atoms with E-state index in [9.17, 15) is 4.39 Å². The van der Waals surface area contributed by atoms with E-state index in [0.29, 0.717) is 21.9 Å². The lowest BCUT2D eigenvalue weighted by Gasteiger charge is -2.26. The number of aliphatic imine (C=N–C) groups is 1. The van der Waals surface area contributed by atoms with Gasteiger partial charge in [-0.2, -0.15) is 0 Å². The molecule has 2 heterocycles. The molecular formula is C21H17ClFN3O2. The first kappa shape index (κ1) is 18.3. The zero-order valence-electron chi connectivity index (χ0n) is 15.0. The molecule has 1 aromatic heterocycles. The van der Waals surface area contributed by atoms with E-state index in [2.05, 4.69) is 9.98 Å². The fourth-order valence-electron chi connectivity index (χ4n) is 3.34. The van der Waals surface area contributed by atoms with Crippen molar-refractivity contribution in [3.63, 3.8) is 0 Å². The highest BCUT2D eigenvalue weighted by atomic mass is 35.5. The molecule has 0 unspecified atom stereocenters. The van der Waals surface area contributed by atoms with E-state index in [1.807, 2.05) is 6.07 Å². The van der Waals surface area contributed by atoms with Crippen LogP contribution in [0.2, 0.25) is 5.02 Å². The van der Waals surface area contributed by atoms with E-state index in [-0.39, 0.29) is 18.4 Å². The topological polar surface area (TPSA) is 69.7 Å². The maximum absolute atomic E-state index is 14.6. The highest BCUT2D eigenvalue weighted by Crippen LogP contribution is 2.41. The number of methoxy groups -OCH3 is 1. The number of hydrogen-bond donors (Lipinski definition) is 1. The number of nitrogens with zero attached hydrogens (tertiary/aromatic N) is 2. The maximum atomic E-state index is 14.6. The van der Waals surface area contributed by atoms with Gasteiger partial charge < -0.3 is 15.2 Å². The largest absolute Gasteiger partial charge is 0.495 e. The van der Waals surface area contributed by atoms with Crippen molar-refractivity contribution in [2.45, 2.75) is 5.54 Å². The van der Waals surface area contributed by atoms with Crippen molar-refractivity contribution >= 4 is 17.6 Å². The molecule has 7 heteroatoms. The molecule has 1 aliphatic heterocycles. The SMILES string of the molecule is COc1ccc([C@@]2(c3ccc(F)c(-c4cccnc4)c3)COC(N)=N2)cc1Cl. The minimum absolute atomic E-state index is 0.0687. The average Bonchev–Trinajstić information content (AvgIpc) is 3.12. The summed E-state index contributed by atoms with van der Waals surface area (Å²) in [7, 11) is 1.55. The van der Waals surface area contributed by atoms with E-state index in [1.54, 1.807) is 55.9 Å². The fourth-order valence-corrected chi connectivity index (χ4v) is 3.60. The average molecular weight is 398 g/mol. The van der Waals surface area contributed by atoms with Gasteiger partial charge in [-0.15, -0.1) is 0 Å². The summed E-state index contributed by atoms with van der Waals surface area (Å²) in [5, 5.41) is 0.439. The van der Waals surface area contributed by atoms with Crippen LogP contribution in [0.15, 0.2) is 65.9 Å². The smallest absolute Gasteiger partial charge is 0.283 e.